The highest BCUT2D eigenvalue weighted by molar-refractivity contribution is 5.97. The number of nitrogens with zero attached hydrogens (tertiary/aromatic N) is 3. The lowest BCUT2D eigenvalue weighted by molar-refractivity contribution is -0.122. The first-order valence-electron chi connectivity index (χ1n) is 7.94. The third kappa shape index (κ3) is 3.37. The molecular weight excluding hydrogens is 266 g/mol. The minimum atomic E-state index is -0.464. The van der Waals surface area contributed by atoms with E-state index in [0.717, 1.165) is 56.5 Å². The number of nitrogens with one attached hydrogen (secondary N) is 2. The van der Waals surface area contributed by atoms with Gasteiger partial charge >= 0.3 is 0 Å². The van der Waals surface area contributed by atoms with Crippen molar-refractivity contribution in [3.63, 3.8) is 0 Å². The molecule has 1 aliphatic rings. The second-order valence-corrected chi connectivity index (χ2v) is 5.55. The van der Waals surface area contributed by atoms with Crippen molar-refractivity contribution in [2.24, 2.45) is 0 Å². The first-order chi connectivity index (χ1) is 10.1. The van der Waals surface area contributed by atoms with E-state index in [4.69, 9.17) is 0 Å². The van der Waals surface area contributed by atoms with Gasteiger partial charge in [-0.2, -0.15) is 0 Å². The van der Waals surface area contributed by atoms with Gasteiger partial charge in [-0.15, -0.1) is 10.2 Å². The van der Waals surface area contributed by atoms with Gasteiger partial charge in [-0.3, -0.25) is 10.1 Å². The minimum absolute atomic E-state index is 0.0325. The molecule has 6 nitrogen and oxygen atoms in total. The molecule has 1 aromatic rings. The van der Waals surface area contributed by atoms with Crippen LogP contribution in [-0.4, -0.2) is 33.2 Å². The smallest absolute Gasteiger partial charge is 0.249 e. The third-order valence-electron chi connectivity index (χ3n) is 4.09. The summed E-state index contributed by atoms with van der Waals surface area (Å²) in [5, 5.41) is 14.4. The zero-order chi connectivity index (χ0) is 15.3. The molecule has 1 fully saturated rings. The fraction of sp³-hybridized carbons (Fsp3) is 0.733. The van der Waals surface area contributed by atoms with Crippen LogP contribution in [0.4, 0.5) is 5.95 Å². The normalized spacial score (nSPS) is 21.5. The minimum Gasteiger partial charge on any atom is -0.303 e. The van der Waals surface area contributed by atoms with Crippen molar-refractivity contribution in [3.8, 4) is 0 Å². The molecule has 1 unspecified atom stereocenters. The summed E-state index contributed by atoms with van der Waals surface area (Å²) in [6.45, 7) is 7.05. The first-order valence-corrected chi connectivity index (χ1v) is 7.94. The number of amides is 1. The summed E-state index contributed by atoms with van der Waals surface area (Å²) in [6, 6.07) is 0. The molecule has 0 saturated carbocycles. The number of aromatic nitrogens is 3. The largest absolute Gasteiger partial charge is 0.303 e. The summed E-state index contributed by atoms with van der Waals surface area (Å²) in [5.74, 6) is 0.285. The molecule has 2 rings (SSSR count). The van der Waals surface area contributed by atoms with Crippen molar-refractivity contribution in [1.29, 1.82) is 0 Å². The number of rotatable bonds is 6. The van der Waals surface area contributed by atoms with Gasteiger partial charge in [0.15, 0.2) is 0 Å². The molecule has 0 aromatic carbocycles. The van der Waals surface area contributed by atoms with Gasteiger partial charge in [-0.25, -0.2) is 4.98 Å². The monoisotopic (exact) mass is 291 g/mol. The summed E-state index contributed by atoms with van der Waals surface area (Å²) in [5.41, 5.74) is 1.35. The van der Waals surface area contributed by atoms with Gasteiger partial charge < -0.3 is 5.32 Å². The highest BCUT2D eigenvalue weighted by Crippen LogP contribution is 2.26. The van der Waals surface area contributed by atoms with E-state index >= 15 is 0 Å². The summed E-state index contributed by atoms with van der Waals surface area (Å²) in [6.07, 6.45) is 5.29. The van der Waals surface area contributed by atoms with Gasteiger partial charge in [0.2, 0.25) is 11.9 Å². The summed E-state index contributed by atoms with van der Waals surface area (Å²) in [7, 11) is 0. The van der Waals surface area contributed by atoms with Crippen LogP contribution in [0.2, 0.25) is 0 Å². The molecule has 2 N–H and O–H groups in total. The maximum atomic E-state index is 12.6. The Hall–Kier alpha value is -1.56. The van der Waals surface area contributed by atoms with Crippen LogP contribution in [0.25, 0.3) is 0 Å². The predicted molar refractivity (Wildman–Crippen MR) is 82.1 cm³/mol. The van der Waals surface area contributed by atoms with E-state index in [1.54, 1.807) is 0 Å². The fourth-order valence-electron chi connectivity index (χ4n) is 2.97. The number of hydrogen-bond acceptors (Lipinski definition) is 5. The molecule has 1 atom stereocenters. The van der Waals surface area contributed by atoms with Crippen LogP contribution >= 0.6 is 0 Å². The van der Waals surface area contributed by atoms with Gasteiger partial charge in [0.1, 0.15) is 0 Å². The average Bonchev–Trinajstić information content (AvgIpc) is 2.97. The van der Waals surface area contributed by atoms with Crippen molar-refractivity contribution in [1.82, 2.24) is 20.5 Å². The van der Waals surface area contributed by atoms with Crippen molar-refractivity contribution in [2.45, 2.75) is 64.8 Å². The van der Waals surface area contributed by atoms with Crippen LogP contribution in [0.15, 0.2) is 0 Å². The summed E-state index contributed by atoms with van der Waals surface area (Å²) in [4.78, 5) is 17.0. The molecule has 1 aromatic heterocycles. The Kier molecular flexibility index (Phi) is 5.22. The lowest BCUT2D eigenvalue weighted by Gasteiger charge is -2.27. The quantitative estimate of drug-likeness (QED) is 0.836. The topological polar surface area (TPSA) is 79.8 Å². The molecule has 0 spiro atoms. The predicted octanol–water partition coefficient (Wildman–Crippen LogP) is 1.86. The van der Waals surface area contributed by atoms with Crippen LogP contribution in [-0.2, 0) is 17.6 Å². The molecular formula is C15H25N5O. The average molecular weight is 291 g/mol. The van der Waals surface area contributed by atoms with Crippen LogP contribution in [0, 0.1) is 0 Å². The van der Waals surface area contributed by atoms with Gasteiger partial charge in [-0.1, -0.05) is 27.2 Å². The molecule has 1 amide bonds. The van der Waals surface area contributed by atoms with E-state index in [1.807, 2.05) is 13.8 Å². The van der Waals surface area contributed by atoms with E-state index < -0.39 is 5.54 Å². The second-order valence-electron chi connectivity index (χ2n) is 5.55. The van der Waals surface area contributed by atoms with Crippen molar-refractivity contribution in [3.05, 3.63) is 11.4 Å². The zero-order valence-corrected chi connectivity index (χ0v) is 13.2. The molecule has 21 heavy (non-hydrogen) atoms. The number of anilines is 1. The Morgan fingerprint density at radius 1 is 1.24 bits per heavy atom. The molecule has 0 bridgehead atoms. The number of aryl methyl sites for hydroxylation is 2. The highest BCUT2D eigenvalue weighted by Gasteiger charge is 2.40. The third-order valence-corrected chi connectivity index (χ3v) is 4.09. The van der Waals surface area contributed by atoms with Crippen LogP contribution in [0.3, 0.4) is 0 Å². The van der Waals surface area contributed by atoms with E-state index in [1.165, 1.54) is 0 Å². The van der Waals surface area contributed by atoms with Gasteiger partial charge in [-0.05, 0) is 38.6 Å². The standard InChI is InChI=1S/C15H25N5O/c1-4-8-15(9-7-10-16-15)13(21)18-14-17-11(5-2)12(6-3)19-20-14/h16H,4-10H2,1-3H3,(H,17,18,20,21). The van der Waals surface area contributed by atoms with E-state index in [2.05, 4.69) is 32.7 Å². The molecule has 1 saturated heterocycles. The highest BCUT2D eigenvalue weighted by atomic mass is 16.2. The second kappa shape index (κ2) is 6.93. The Bertz CT molecular complexity index is 497. The Labute approximate surface area is 126 Å². The SMILES string of the molecule is CCCC1(C(=O)Nc2nnc(CC)c(CC)n2)CCCN1. The number of hydrogen-bond donors (Lipinski definition) is 2. The van der Waals surface area contributed by atoms with Crippen molar-refractivity contribution in [2.75, 3.05) is 11.9 Å². The van der Waals surface area contributed by atoms with Gasteiger partial charge in [0.25, 0.3) is 0 Å². The van der Waals surface area contributed by atoms with Crippen molar-refractivity contribution < 1.29 is 4.79 Å². The van der Waals surface area contributed by atoms with E-state index in [9.17, 15) is 4.79 Å². The van der Waals surface area contributed by atoms with Crippen LogP contribution in [0.1, 0.15) is 57.8 Å². The maximum Gasteiger partial charge on any atom is 0.249 e. The Morgan fingerprint density at radius 3 is 2.57 bits per heavy atom. The molecule has 0 radical (unpaired) electrons. The van der Waals surface area contributed by atoms with Crippen molar-refractivity contribution >= 4 is 11.9 Å². The van der Waals surface area contributed by atoms with Gasteiger partial charge in [0, 0.05) is 0 Å². The van der Waals surface area contributed by atoms with Crippen LogP contribution in [0.5, 0.6) is 0 Å². The van der Waals surface area contributed by atoms with E-state index in [-0.39, 0.29) is 5.91 Å². The molecule has 6 heteroatoms. The lowest BCUT2D eigenvalue weighted by atomic mass is 9.91. The first kappa shape index (κ1) is 15.8. The Balaban J connectivity index is 2.15. The lowest BCUT2D eigenvalue weighted by Crippen LogP contribution is -2.50. The zero-order valence-electron chi connectivity index (χ0n) is 13.2. The molecule has 2 heterocycles. The summed E-state index contributed by atoms with van der Waals surface area (Å²) < 4.78 is 0. The van der Waals surface area contributed by atoms with Gasteiger partial charge in [0.05, 0.1) is 16.9 Å². The number of carbonyl (C=O) groups is 1. The van der Waals surface area contributed by atoms with Crippen LogP contribution < -0.4 is 10.6 Å². The number of carbonyl (C=O) groups excluding carboxylic acids is 1. The maximum absolute atomic E-state index is 12.6. The van der Waals surface area contributed by atoms with E-state index in [0.29, 0.717) is 5.95 Å². The molecule has 1 aliphatic heterocycles. The Morgan fingerprint density at radius 2 is 2.00 bits per heavy atom. The summed E-state index contributed by atoms with van der Waals surface area (Å²) >= 11 is 0. The fourth-order valence-corrected chi connectivity index (χ4v) is 2.97. The molecule has 0 aliphatic carbocycles. The molecule has 116 valence electrons.